The van der Waals surface area contributed by atoms with E-state index in [2.05, 4.69) is 24.1 Å². The highest BCUT2D eigenvalue weighted by Crippen LogP contribution is 2.40. The van der Waals surface area contributed by atoms with E-state index < -0.39 is 0 Å². The Hall–Kier alpha value is -0.0800. The minimum Gasteiger partial charge on any atom is -0.313 e. The fourth-order valence-corrected chi connectivity index (χ4v) is 3.95. The van der Waals surface area contributed by atoms with Crippen molar-refractivity contribution in [1.29, 1.82) is 0 Å². The zero-order valence-electron chi connectivity index (χ0n) is 13.0. The van der Waals surface area contributed by atoms with Crippen LogP contribution in [-0.2, 0) is 0 Å². The minimum absolute atomic E-state index is 0.589. The van der Waals surface area contributed by atoms with Crippen molar-refractivity contribution >= 4 is 0 Å². The van der Waals surface area contributed by atoms with Crippen molar-refractivity contribution in [2.24, 2.45) is 10.8 Å². The molecule has 2 heteroatoms. The highest BCUT2D eigenvalue weighted by Gasteiger charge is 2.38. The van der Waals surface area contributed by atoms with Gasteiger partial charge in [-0.25, -0.2) is 0 Å². The molecule has 0 bridgehead atoms. The van der Waals surface area contributed by atoms with Gasteiger partial charge in [-0.15, -0.1) is 0 Å². The summed E-state index contributed by atoms with van der Waals surface area (Å²) in [5.74, 6) is 0. The van der Waals surface area contributed by atoms with E-state index in [0.29, 0.717) is 10.8 Å². The lowest BCUT2D eigenvalue weighted by Crippen LogP contribution is -2.46. The van der Waals surface area contributed by atoms with Crippen LogP contribution in [0.2, 0.25) is 0 Å². The molecule has 1 aliphatic heterocycles. The predicted molar refractivity (Wildman–Crippen MR) is 81.4 cm³/mol. The second-order valence-electron chi connectivity index (χ2n) is 8.30. The van der Waals surface area contributed by atoms with Crippen molar-refractivity contribution in [2.45, 2.75) is 71.3 Å². The largest absolute Gasteiger partial charge is 0.313 e. The molecule has 0 aromatic rings. The molecule has 0 atom stereocenters. The Bertz CT molecular complexity index is 290. The lowest BCUT2D eigenvalue weighted by molar-refractivity contribution is 0.0826. The average molecular weight is 264 g/mol. The van der Waals surface area contributed by atoms with E-state index in [-0.39, 0.29) is 0 Å². The zero-order valence-corrected chi connectivity index (χ0v) is 13.0. The summed E-state index contributed by atoms with van der Waals surface area (Å²) in [5.41, 5.74) is 1.20. The van der Waals surface area contributed by atoms with Crippen LogP contribution in [0.25, 0.3) is 0 Å². The van der Waals surface area contributed by atoms with Gasteiger partial charge in [0, 0.05) is 19.1 Å². The van der Waals surface area contributed by atoms with Crippen LogP contribution < -0.4 is 5.32 Å². The molecule has 3 rings (SSSR count). The first-order valence-corrected chi connectivity index (χ1v) is 8.53. The van der Waals surface area contributed by atoms with Crippen molar-refractivity contribution in [3.8, 4) is 0 Å². The molecule has 0 radical (unpaired) electrons. The normalized spacial score (nSPS) is 30.6. The van der Waals surface area contributed by atoms with Crippen LogP contribution >= 0.6 is 0 Å². The quantitative estimate of drug-likeness (QED) is 0.818. The number of piperidine rings is 1. The van der Waals surface area contributed by atoms with Crippen LogP contribution in [-0.4, -0.2) is 37.1 Å². The van der Waals surface area contributed by atoms with Crippen LogP contribution in [0.5, 0.6) is 0 Å². The third-order valence-corrected chi connectivity index (χ3v) is 5.78. The van der Waals surface area contributed by atoms with Gasteiger partial charge in [0.25, 0.3) is 0 Å². The molecule has 0 amide bonds. The molecule has 110 valence electrons. The third kappa shape index (κ3) is 3.72. The van der Waals surface area contributed by atoms with E-state index in [1.807, 2.05) is 0 Å². The second kappa shape index (κ2) is 5.37. The highest BCUT2D eigenvalue weighted by atomic mass is 15.1. The van der Waals surface area contributed by atoms with Gasteiger partial charge in [-0.2, -0.15) is 0 Å². The SMILES string of the molecule is CC1(C)CCN(CC2(CNC3CC3)CCCC2)CC1. The van der Waals surface area contributed by atoms with E-state index >= 15 is 0 Å². The van der Waals surface area contributed by atoms with Gasteiger partial charge in [0.15, 0.2) is 0 Å². The topological polar surface area (TPSA) is 15.3 Å². The maximum atomic E-state index is 3.82. The number of nitrogens with zero attached hydrogens (tertiary/aromatic N) is 1. The van der Waals surface area contributed by atoms with Crippen LogP contribution in [0.1, 0.15) is 65.2 Å². The van der Waals surface area contributed by atoms with Gasteiger partial charge in [0.05, 0.1) is 0 Å². The summed E-state index contributed by atoms with van der Waals surface area (Å²) in [7, 11) is 0. The van der Waals surface area contributed by atoms with Crippen LogP contribution in [0, 0.1) is 10.8 Å². The van der Waals surface area contributed by atoms with E-state index in [4.69, 9.17) is 0 Å². The number of rotatable bonds is 5. The minimum atomic E-state index is 0.589. The standard InChI is InChI=1S/C17H32N2/c1-16(2)9-11-19(12-10-16)14-17(7-3-4-8-17)13-18-15-5-6-15/h15,18H,3-14H2,1-2H3. The molecule has 0 aromatic carbocycles. The molecule has 0 aromatic heterocycles. The molecule has 2 nitrogen and oxygen atoms in total. The molecule has 19 heavy (non-hydrogen) atoms. The summed E-state index contributed by atoms with van der Waals surface area (Å²) in [6.07, 6.45) is 11.5. The first kappa shape index (κ1) is 13.9. The Morgan fingerprint density at radius 3 is 2.21 bits per heavy atom. The van der Waals surface area contributed by atoms with Crippen molar-refractivity contribution in [3.05, 3.63) is 0 Å². The molecule has 2 saturated carbocycles. The molecule has 3 fully saturated rings. The van der Waals surface area contributed by atoms with Gasteiger partial charge in [-0.05, 0) is 62.4 Å². The lowest BCUT2D eigenvalue weighted by atomic mass is 9.80. The predicted octanol–water partition coefficient (Wildman–Crippen LogP) is 3.42. The molecule has 1 saturated heterocycles. The summed E-state index contributed by atoms with van der Waals surface area (Å²) >= 11 is 0. The summed E-state index contributed by atoms with van der Waals surface area (Å²) in [6.45, 7) is 10.2. The van der Waals surface area contributed by atoms with Gasteiger partial charge in [0.1, 0.15) is 0 Å². The number of nitrogens with one attached hydrogen (secondary N) is 1. The summed E-state index contributed by atoms with van der Waals surface area (Å²) in [4.78, 5) is 2.77. The maximum Gasteiger partial charge on any atom is 0.00684 e. The molecular formula is C17H32N2. The molecular weight excluding hydrogens is 232 g/mol. The van der Waals surface area contributed by atoms with E-state index in [1.165, 1.54) is 77.5 Å². The number of hydrogen-bond acceptors (Lipinski definition) is 2. The Labute approximate surface area is 119 Å². The summed E-state index contributed by atoms with van der Waals surface area (Å²) < 4.78 is 0. The summed E-state index contributed by atoms with van der Waals surface area (Å²) in [5, 5.41) is 3.82. The van der Waals surface area contributed by atoms with Gasteiger partial charge < -0.3 is 10.2 Å². The van der Waals surface area contributed by atoms with Gasteiger partial charge >= 0.3 is 0 Å². The molecule has 0 unspecified atom stereocenters. The smallest absolute Gasteiger partial charge is 0.00684 e. The molecule has 3 aliphatic rings. The number of hydrogen-bond donors (Lipinski definition) is 1. The van der Waals surface area contributed by atoms with Crippen LogP contribution in [0.4, 0.5) is 0 Å². The molecule has 0 spiro atoms. The lowest BCUT2D eigenvalue weighted by Gasteiger charge is -2.42. The first-order valence-electron chi connectivity index (χ1n) is 8.53. The van der Waals surface area contributed by atoms with Gasteiger partial charge in [-0.3, -0.25) is 0 Å². The fourth-order valence-electron chi connectivity index (χ4n) is 3.95. The average Bonchev–Trinajstić information content (AvgIpc) is 3.10. The first-order chi connectivity index (χ1) is 9.07. The van der Waals surface area contributed by atoms with Crippen molar-refractivity contribution in [3.63, 3.8) is 0 Å². The van der Waals surface area contributed by atoms with Gasteiger partial charge in [-0.1, -0.05) is 26.7 Å². The number of likely N-dealkylation sites (tertiary alicyclic amines) is 1. The van der Waals surface area contributed by atoms with Crippen molar-refractivity contribution in [1.82, 2.24) is 10.2 Å². The molecule has 1 heterocycles. The Kier molecular flexibility index (Phi) is 3.92. The fraction of sp³-hybridized carbons (Fsp3) is 1.00. The van der Waals surface area contributed by atoms with Gasteiger partial charge in [0.2, 0.25) is 0 Å². The van der Waals surface area contributed by atoms with E-state index in [1.54, 1.807) is 0 Å². The van der Waals surface area contributed by atoms with E-state index in [0.717, 1.165) is 6.04 Å². The van der Waals surface area contributed by atoms with Crippen molar-refractivity contribution in [2.75, 3.05) is 26.2 Å². The Morgan fingerprint density at radius 2 is 1.63 bits per heavy atom. The maximum absolute atomic E-state index is 3.82. The Balaban J connectivity index is 1.52. The zero-order chi connectivity index (χ0) is 13.3. The molecule has 2 aliphatic carbocycles. The summed E-state index contributed by atoms with van der Waals surface area (Å²) in [6, 6.07) is 0.873. The van der Waals surface area contributed by atoms with Crippen LogP contribution in [0.15, 0.2) is 0 Å². The van der Waals surface area contributed by atoms with Crippen LogP contribution in [0.3, 0.4) is 0 Å². The van der Waals surface area contributed by atoms with E-state index in [9.17, 15) is 0 Å². The Morgan fingerprint density at radius 1 is 1.00 bits per heavy atom. The highest BCUT2D eigenvalue weighted by molar-refractivity contribution is 4.93. The monoisotopic (exact) mass is 264 g/mol. The van der Waals surface area contributed by atoms with Crippen molar-refractivity contribution < 1.29 is 0 Å². The third-order valence-electron chi connectivity index (χ3n) is 5.78. The second-order valence-corrected chi connectivity index (χ2v) is 8.30. The molecule has 1 N–H and O–H groups in total.